The Kier molecular flexibility index (Phi) is 5.33. The Bertz CT molecular complexity index is 1280. The van der Waals surface area contributed by atoms with Crippen molar-refractivity contribution in [2.24, 2.45) is 0 Å². The number of benzene rings is 3. The smallest absolute Gasteiger partial charge is 0.257 e. The number of hydrogen-bond donors (Lipinski definition) is 2. The van der Waals surface area contributed by atoms with Gasteiger partial charge in [0, 0.05) is 16.8 Å². The summed E-state index contributed by atoms with van der Waals surface area (Å²) < 4.78 is 5.93. The second kappa shape index (κ2) is 8.08. The maximum Gasteiger partial charge on any atom is 0.257 e. The van der Waals surface area contributed by atoms with Gasteiger partial charge in [0.2, 0.25) is 5.89 Å². The fourth-order valence-electron chi connectivity index (χ4n) is 3.20. The van der Waals surface area contributed by atoms with E-state index in [9.17, 15) is 4.79 Å². The number of carbonyl (C=O) groups excluding carboxylic acids is 1. The third kappa shape index (κ3) is 4.09. The lowest BCUT2D eigenvalue weighted by atomic mass is 10.1. The first-order valence-electron chi connectivity index (χ1n) is 9.57. The highest BCUT2D eigenvalue weighted by atomic mass is 32.1. The van der Waals surface area contributed by atoms with Crippen molar-refractivity contribution in [2.75, 3.05) is 5.32 Å². The molecule has 0 radical (unpaired) electrons. The average molecular weight is 416 g/mol. The van der Waals surface area contributed by atoms with Gasteiger partial charge in [-0.05, 0) is 80.0 Å². The molecule has 0 aliphatic carbocycles. The summed E-state index contributed by atoms with van der Waals surface area (Å²) in [6.45, 7) is 5.87. The van der Waals surface area contributed by atoms with Crippen molar-refractivity contribution < 1.29 is 9.21 Å². The molecule has 150 valence electrons. The first-order chi connectivity index (χ1) is 14.4. The van der Waals surface area contributed by atoms with Crippen LogP contribution >= 0.6 is 12.2 Å². The Hall–Kier alpha value is -3.51. The van der Waals surface area contributed by atoms with Gasteiger partial charge in [-0.1, -0.05) is 30.3 Å². The predicted molar refractivity (Wildman–Crippen MR) is 124 cm³/mol. The molecule has 4 aromatic rings. The molecule has 0 fully saturated rings. The van der Waals surface area contributed by atoms with Crippen molar-refractivity contribution in [3.8, 4) is 11.5 Å². The van der Waals surface area contributed by atoms with Gasteiger partial charge in [0.05, 0.1) is 0 Å². The van der Waals surface area contributed by atoms with E-state index in [0.717, 1.165) is 39.0 Å². The summed E-state index contributed by atoms with van der Waals surface area (Å²) in [5.74, 6) is 0.294. The van der Waals surface area contributed by atoms with E-state index in [1.54, 1.807) is 6.07 Å². The van der Waals surface area contributed by atoms with Crippen LogP contribution in [0.15, 0.2) is 65.1 Å². The Labute approximate surface area is 180 Å². The van der Waals surface area contributed by atoms with Crippen LogP contribution in [0.25, 0.3) is 22.6 Å². The quantitative estimate of drug-likeness (QED) is 0.430. The summed E-state index contributed by atoms with van der Waals surface area (Å²) in [5.41, 5.74) is 6.75. The Morgan fingerprint density at radius 3 is 2.57 bits per heavy atom. The number of oxazole rings is 1. The summed E-state index contributed by atoms with van der Waals surface area (Å²) in [4.78, 5) is 17.1. The molecule has 5 nitrogen and oxygen atoms in total. The first-order valence-corrected chi connectivity index (χ1v) is 9.98. The van der Waals surface area contributed by atoms with E-state index >= 15 is 0 Å². The Morgan fingerprint density at radius 2 is 1.77 bits per heavy atom. The Morgan fingerprint density at radius 1 is 0.967 bits per heavy atom. The zero-order valence-corrected chi connectivity index (χ0v) is 17.8. The normalized spacial score (nSPS) is 10.8. The zero-order chi connectivity index (χ0) is 21.3. The number of carbonyl (C=O) groups is 1. The largest absolute Gasteiger partial charge is 0.436 e. The van der Waals surface area contributed by atoms with Crippen LogP contribution in [0, 0.1) is 20.8 Å². The van der Waals surface area contributed by atoms with Gasteiger partial charge in [-0.25, -0.2) is 4.98 Å². The minimum Gasteiger partial charge on any atom is -0.436 e. The van der Waals surface area contributed by atoms with E-state index in [0.29, 0.717) is 11.5 Å². The lowest BCUT2D eigenvalue weighted by molar-refractivity contribution is 0.0977. The molecule has 3 aromatic carbocycles. The first kappa shape index (κ1) is 19.8. The van der Waals surface area contributed by atoms with Crippen LogP contribution in [0.3, 0.4) is 0 Å². The number of rotatable bonds is 3. The van der Waals surface area contributed by atoms with Crippen molar-refractivity contribution >= 4 is 40.0 Å². The van der Waals surface area contributed by atoms with Gasteiger partial charge in [-0.15, -0.1) is 0 Å². The molecule has 0 bridgehead atoms. The van der Waals surface area contributed by atoms with E-state index in [4.69, 9.17) is 16.6 Å². The molecule has 0 spiro atoms. The molecule has 6 heteroatoms. The lowest BCUT2D eigenvalue weighted by Crippen LogP contribution is -2.34. The summed E-state index contributed by atoms with van der Waals surface area (Å²) in [6, 6.07) is 19.1. The molecule has 2 N–H and O–H groups in total. The second-order valence-corrected chi connectivity index (χ2v) is 7.65. The SMILES string of the molecule is Cc1ccc2nc(-c3ccc(C)c(NC(=S)NC(=O)c4ccccc4C)c3)oc2c1. The van der Waals surface area contributed by atoms with Crippen molar-refractivity contribution in [1.29, 1.82) is 0 Å². The van der Waals surface area contributed by atoms with Gasteiger partial charge in [0.25, 0.3) is 5.91 Å². The van der Waals surface area contributed by atoms with Crippen LogP contribution in [0.1, 0.15) is 27.0 Å². The predicted octanol–water partition coefficient (Wildman–Crippen LogP) is 5.55. The Balaban J connectivity index is 1.55. The minimum atomic E-state index is -0.242. The van der Waals surface area contributed by atoms with Crippen LogP contribution in [-0.4, -0.2) is 16.0 Å². The standard InChI is InChI=1S/C24H21N3O2S/c1-14-8-11-19-21(12-14)29-23(25-19)17-10-9-16(3)20(13-17)26-24(30)27-22(28)18-7-5-4-6-15(18)2/h4-13H,1-3H3,(H2,26,27,28,30). The van der Waals surface area contributed by atoms with E-state index in [1.165, 1.54) is 0 Å². The molecule has 0 saturated carbocycles. The fraction of sp³-hybridized carbons (Fsp3) is 0.125. The van der Waals surface area contributed by atoms with Crippen molar-refractivity contribution in [2.45, 2.75) is 20.8 Å². The third-order valence-corrected chi connectivity index (χ3v) is 5.10. The molecule has 1 amide bonds. The van der Waals surface area contributed by atoms with Crippen LogP contribution in [0.5, 0.6) is 0 Å². The molecule has 1 heterocycles. The molecule has 0 saturated heterocycles. The van der Waals surface area contributed by atoms with Gasteiger partial charge in [0.15, 0.2) is 10.7 Å². The number of fused-ring (bicyclic) bond motifs is 1. The number of aryl methyl sites for hydroxylation is 3. The fourth-order valence-corrected chi connectivity index (χ4v) is 3.40. The number of nitrogens with zero attached hydrogens (tertiary/aromatic N) is 1. The summed E-state index contributed by atoms with van der Waals surface area (Å²) in [7, 11) is 0. The summed E-state index contributed by atoms with van der Waals surface area (Å²) >= 11 is 5.36. The number of hydrogen-bond acceptors (Lipinski definition) is 4. The number of anilines is 1. The highest BCUT2D eigenvalue weighted by Gasteiger charge is 2.13. The van der Waals surface area contributed by atoms with E-state index in [2.05, 4.69) is 15.6 Å². The second-order valence-electron chi connectivity index (χ2n) is 7.24. The van der Waals surface area contributed by atoms with Crippen molar-refractivity contribution in [3.05, 3.63) is 82.9 Å². The van der Waals surface area contributed by atoms with Crippen molar-refractivity contribution in [3.63, 3.8) is 0 Å². The highest BCUT2D eigenvalue weighted by Crippen LogP contribution is 2.28. The van der Waals surface area contributed by atoms with Crippen LogP contribution in [0.2, 0.25) is 0 Å². The van der Waals surface area contributed by atoms with Gasteiger partial charge in [-0.2, -0.15) is 0 Å². The maximum atomic E-state index is 12.5. The third-order valence-electron chi connectivity index (χ3n) is 4.89. The topological polar surface area (TPSA) is 67.2 Å². The van der Waals surface area contributed by atoms with Crippen LogP contribution in [-0.2, 0) is 0 Å². The van der Waals surface area contributed by atoms with E-state index < -0.39 is 0 Å². The molecular formula is C24H21N3O2S. The summed E-state index contributed by atoms with van der Waals surface area (Å²) in [5, 5.41) is 6.09. The van der Waals surface area contributed by atoms with Gasteiger partial charge < -0.3 is 9.73 Å². The molecule has 0 aliphatic rings. The van der Waals surface area contributed by atoms with E-state index in [1.807, 2.05) is 75.4 Å². The molecule has 4 rings (SSSR count). The van der Waals surface area contributed by atoms with Crippen LogP contribution in [0.4, 0.5) is 5.69 Å². The minimum absolute atomic E-state index is 0.233. The average Bonchev–Trinajstić information content (AvgIpc) is 3.13. The molecule has 0 unspecified atom stereocenters. The highest BCUT2D eigenvalue weighted by molar-refractivity contribution is 7.80. The van der Waals surface area contributed by atoms with Crippen LogP contribution < -0.4 is 10.6 Å². The summed E-state index contributed by atoms with van der Waals surface area (Å²) in [6.07, 6.45) is 0. The molecule has 1 aromatic heterocycles. The molecule has 0 aliphatic heterocycles. The monoisotopic (exact) mass is 415 g/mol. The molecule has 30 heavy (non-hydrogen) atoms. The molecule has 0 atom stereocenters. The number of nitrogens with one attached hydrogen (secondary N) is 2. The van der Waals surface area contributed by atoms with Crippen molar-refractivity contribution in [1.82, 2.24) is 10.3 Å². The zero-order valence-electron chi connectivity index (χ0n) is 16.9. The molecular weight excluding hydrogens is 394 g/mol. The number of aromatic nitrogens is 1. The van der Waals surface area contributed by atoms with Gasteiger partial charge in [0.1, 0.15) is 5.52 Å². The number of thiocarbonyl (C=S) groups is 1. The van der Waals surface area contributed by atoms with E-state index in [-0.39, 0.29) is 11.0 Å². The van der Waals surface area contributed by atoms with Gasteiger partial charge in [-0.3, -0.25) is 10.1 Å². The maximum absolute atomic E-state index is 12.5. The van der Waals surface area contributed by atoms with Gasteiger partial charge >= 0.3 is 0 Å². The number of amides is 1. The lowest BCUT2D eigenvalue weighted by Gasteiger charge is -2.13.